The van der Waals surface area contributed by atoms with Gasteiger partial charge in [-0.3, -0.25) is 14.3 Å². The van der Waals surface area contributed by atoms with Crippen molar-refractivity contribution in [2.45, 2.75) is 58.2 Å². The second-order valence-corrected chi connectivity index (χ2v) is 10.0. The Bertz CT molecular complexity index is 1460. The van der Waals surface area contributed by atoms with E-state index < -0.39 is 0 Å². The molecule has 1 aliphatic rings. The lowest BCUT2D eigenvalue weighted by Crippen LogP contribution is -2.22. The number of benzene rings is 1. The summed E-state index contributed by atoms with van der Waals surface area (Å²) in [5, 5.41) is 9.48. The number of Topliss-reactive ketones (excluding diaryl/α,β-unsaturated/α-hetero) is 1. The topological polar surface area (TPSA) is 79.6 Å². The van der Waals surface area contributed by atoms with Crippen LogP contribution in [-0.4, -0.2) is 40.2 Å². The second-order valence-electron chi connectivity index (χ2n) is 9.10. The fourth-order valence-electron chi connectivity index (χ4n) is 4.97. The van der Waals surface area contributed by atoms with Crippen molar-refractivity contribution in [2.24, 2.45) is 7.05 Å². The maximum Gasteiger partial charge on any atom is 0.295 e. The van der Waals surface area contributed by atoms with Crippen molar-refractivity contribution in [1.82, 2.24) is 28.7 Å². The first kappa shape index (κ1) is 23.4. The third-order valence-electron chi connectivity index (χ3n) is 6.89. The molecule has 0 spiro atoms. The minimum absolute atomic E-state index is 0.0253. The van der Waals surface area contributed by atoms with Crippen LogP contribution in [-0.2, 0) is 20.0 Å². The minimum Gasteiger partial charge on any atom is -0.311 e. The van der Waals surface area contributed by atoms with Crippen LogP contribution >= 0.6 is 11.8 Å². The van der Waals surface area contributed by atoms with Gasteiger partial charge in [-0.25, -0.2) is 4.68 Å². The predicted molar refractivity (Wildman–Crippen MR) is 137 cm³/mol. The predicted octanol–water partition coefficient (Wildman–Crippen LogP) is 4.18. The summed E-state index contributed by atoms with van der Waals surface area (Å²) in [4.78, 5) is 26.8. The number of para-hydroxylation sites is 1. The van der Waals surface area contributed by atoms with Gasteiger partial charge in [0.2, 0.25) is 0 Å². The van der Waals surface area contributed by atoms with E-state index in [0.29, 0.717) is 11.3 Å². The first-order valence-corrected chi connectivity index (χ1v) is 13.0. The van der Waals surface area contributed by atoms with Crippen LogP contribution in [0.3, 0.4) is 0 Å². The number of hydrogen-bond donors (Lipinski definition) is 0. The average Bonchev–Trinajstić information content (AvgIpc) is 3.36. The lowest BCUT2D eigenvalue weighted by Gasteiger charge is -2.09. The fraction of sp³-hybridized carbons (Fsp3) is 0.385. The summed E-state index contributed by atoms with van der Waals surface area (Å²) in [5.41, 5.74) is 4.37. The lowest BCUT2D eigenvalue weighted by atomic mass is 10.2. The average molecular weight is 491 g/mol. The first-order valence-electron chi connectivity index (χ1n) is 12.0. The van der Waals surface area contributed by atoms with E-state index in [1.165, 1.54) is 18.2 Å². The molecule has 1 aromatic carbocycles. The molecule has 0 aliphatic carbocycles. The highest BCUT2D eigenvalue weighted by Gasteiger charge is 2.24. The zero-order valence-electron chi connectivity index (χ0n) is 20.6. The Morgan fingerprint density at radius 1 is 1.03 bits per heavy atom. The molecule has 0 radical (unpaired) electrons. The molecule has 0 amide bonds. The summed E-state index contributed by atoms with van der Waals surface area (Å²) in [6.45, 7) is 6.69. The van der Waals surface area contributed by atoms with E-state index in [1.807, 2.05) is 73.5 Å². The van der Waals surface area contributed by atoms with Gasteiger partial charge in [0.25, 0.3) is 5.56 Å². The first-order chi connectivity index (χ1) is 16.9. The maximum atomic E-state index is 13.6. The van der Waals surface area contributed by atoms with Gasteiger partial charge >= 0.3 is 0 Å². The van der Waals surface area contributed by atoms with Crippen molar-refractivity contribution < 1.29 is 4.79 Å². The molecule has 0 atom stereocenters. The Balaban J connectivity index is 1.45. The number of rotatable bonds is 6. The van der Waals surface area contributed by atoms with Crippen molar-refractivity contribution >= 4 is 17.5 Å². The van der Waals surface area contributed by atoms with Gasteiger partial charge in [-0.05, 0) is 51.8 Å². The van der Waals surface area contributed by atoms with Crippen LogP contribution < -0.4 is 5.56 Å². The summed E-state index contributed by atoms with van der Waals surface area (Å²) in [6.07, 6.45) is 4.39. The number of nitrogens with zero attached hydrogens (tertiary/aromatic N) is 6. The number of carbonyl (C=O) groups excluding carboxylic acids is 1. The molecular formula is C26H30N6O2S. The SMILES string of the molecule is Cc1cc(C(=O)CSc2nnc3n2CCCCC3)c(C)n1-c1c(C)n(C)n(-c2ccccc2)c1=O. The van der Waals surface area contributed by atoms with E-state index in [4.69, 9.17) is 0 Å². The van der Waals surface area contributed by atoms with Gasteiger partial charge in [-0.15, -0.1) is 10.2 Å². The molecule has 4 aromatic rings. The summed E-state index contributed by atoms with van der Waals surface area (Å²) < 4.78 is 7.60. The van der Waals surface area contributed by atoms with Gasteiger partial charge in [0.15, 0.2) is 10.9 Å². The molecule has 0 saturated carbocycles. The lowest BCUT2D eigenvalue weighted by molar-refractivity contribution is 0.102. The summed E-state index contributed by atoms with van der Waals surface area (Å²) in [7, 11) is 1.88. The Hall–Kier alpha value is -3.33. The zero-order valence-corrected chi connectivity index (χ0v) is 21.4. The highest BCUT2D eigenvalue weighted by molar-refractivity contribution is 7.99. The third kappa shape index (κ3) is 4.07. The Labute approximate surface area is 208 Å². The highest BCUT2D eigenvalue weighted by Crippen LogP contribution is 2.26. The molecule has 3 aromatic heterocycles. The van der Waals surface area contributed by atoms with Crippen LogP contribution in [0.4, 0.5) is 0 Å². The van der Waals surface area contributed by atoms with Gasteiger partial charge < -0.3 is 9.13 Å². The van der Waals surface area contributed by atoms with E-state index in [0.717, 1.165) is 59.6 Å². The fourth-order valence-corrected chi connectivity index (χ4v) is 5.84. The number of hydrogen-bond acceptors (Lipinski definition) is 5. The van der Waals surface area contributed by atoms with Crippen LogP contribution in [0.15, 0.2) is 46.3 Å². The number of aromatic nitrogens is 6. The smallest absolute Gasteiger partial charge is 0.295 e. The van der Waals surface area contributed by atoms with Gasteiger partial charge in [0.05, 0.1) is 17.1 Å². The Morgan fingerprint density at radius 3 is 2.57 bits per heavy atom. The van der Waals surface area contributed by atoms with E-state index in [-0.39, 0.29) is 17.1 Å². The standard InChI is InChI=1S/C26H30N6O2S/c1-17-15-21(22(33)16-35-26-28-27-23-13-9-6-10-14-30(23)26)18(2)31(17)24-19(3)29(4)32(25(24)34)20-11-7-5-8-12-20/h5,7-8,11-12,15H,6,9-10,13-14,16H2,1-4H3. The molecule has 0 fully saturated rings. The molecule has 1 aliphatic heterocycles. The van der Waals surface area contributed by atoms with Gasteiger partial charge in [-0.2, -0.15) is 0 Å². The van der Waals surface area contributed by atoms with Crippen molar-refractivity contribution in [3.63, 3.8) is 0 Å². The van der Waals surface area contributed by atoms with E-state index >= 15 is 0 Å². The third-order valence-corrected chi connectivity index (χ3v) is 7.85. The summed E-state index contributed by atoms with van der Waals surface area (Å²) in [6, 6.07) is 11.5. The molecule has 9 heteroatoms. The van der Waals surface area contributed by atoms with E-state index in [2.05, 4.69) is 14.8 Å². The molecule has 5 rings (SSSR count). The molecule has 0 unspecified atom stereocenters. The normalized spacial score (nSPS) is 13.6. The van der Waals surface area contributed by atoms with Gasteiger partial charge in [-0.1, -0.05) is 36.4 Å². The molecule has 4 heterocycles. The molecule has 0 bridgehead atoms. The molecule has 0 saturated heterocycles. The molecule has 0 N–H and O–H groups in total. The maximum absolute atomic E-state index is 13.6. The van der Waals surface area contributed by atoms with Crippen molar-refractivity contribution in [3.8, 4) is 11.4 Å². The van der Waals surface area contributed by atoms with Crippen LogP contribution in [0.1, 0.15) is 52.5 Å². The van der Waals surface area contributed by atoms with Gasteiger partial charge in [0, 0.05) is 37.0 Å². The Morgan fingerprint density at radius 2 is 1.80 bits per heavy atom. The van der Waals surface area contributed by atoms with Crippen LogP contribution in [0, 0.1) is 20.8 Å². The summed E-state index contributed by atoms with van der Waals surface area (Å²) in [5.74, 6) is 1.33. The van der Waals surface area contributed by atoms with E-state index in [1.54, 1.807) is 4.68 Å². The molecular weight excluding hydrogens is 460 g/mol. The minimum atomic E-state index is -0.113. The van der Waals surface area contributed by atoms with Crippen LogP contribution in [0.25, 0.3) is 11.4 Å². The summed E-state index contributed by atoms with van der Waals surface area (Å²) >= 11 is 1.44. The van der Waals surface area contributed by atoms with Crippen molar-refractivity contribution in [2.75, 3.05) is 5.75 Å². The van der Waals surface area contributed by atoms with Gasteiger partial charge in [0.1, 0.15) is 11.5 Å². The second kappa shape index (κ2) is 9.37. The molecule has 182 valence electrons. The Kier molecular flexibility index (Phi) is 6.27. The number of fused-ring (bicyclic) bond motifs is 1. The van der Waals surface area contributed by atoms with Crippen LogP contribution in [0.5, 0.6) is 0 Å². The van der Waals surface area contributed by atoms with Crippen molar-refractivity contribution in [3.05, 3.63) is 75.2 Å². The molecule has 8 nitrogen and oxygen atoms in total. The monoisotopic (exact) mass is 490 g/mol. The van der Waals surface area contributed by atoms with Crippen molar-refractivity contribution in [1.29, 1.82) is 0 Å². The number of aryl methyl sites for hydroxylation is 2. The quantitative estimate of drug-likeness (QED) is 0.299. The number of ketones is 1. The highest BCUT2D eigenvalue weighted by atomic mass is 32.2. The zero-order chi connectivity index (χ0) is 24.7. The largest absolute Gasteiger partial charge is 0.311 e. The molecule has 35 heavy (non-hydrogen) atoms. The number of carbonyl (C=O) groups is 1. The van der Waals surface area contributed by atoms with Crippen LogP contribution in [0.2, 0.25) is 0 Å². The number of thioether (sulfide) groups is 1. The van der Waals surface area contributed by atoms with E-state index in [9.17, 15) is 9.59 Å².